The molecule has 10 nitrogen and oxygen atoms in total. The van der Waals surface area contributed by atoms with Crippen LogP contribution in [0.3, 0.4) is 0 Å². The number of fused-ring (bicyclic) bond motifs is 1. The number of aliphatic hydroxyl groups is 1. The Morgan fingerprint density at radius 2 is 1.85 bits per heavy atom. The van der Waals surface area contributed by atoms with E-state index in [1.807, 2.05) is 18.2 Å². The van der Waals surface area contributed by atoms with Crippen molar-refractivity contribution in [3.05, 3.63) is 105 Å². The van der Waals surface area contributed by atoms with Gasteiger partial charge in [-0.3, -0.25) is 15.1 Å². The molecule has 2 atom stereocenters. The average Bonchev–Trinajstić information content (AvgIpc) is 3.78. The molecule has 3 N–H and O–H groups in total. The molecule has 3 aromatic carbocycles. The van der Waals surface area contributed by atoms with E-state index in [9.17, 15) is 24.7 Å². The van der Waals surface area contributed by atoms with Crippen molar-refractivity contribution < 1.29 is 28.9 Å². The molecule has 0 spiro atoms. The number of benzene rings is 3. The number of anilines is 1. The summed E-state index contributed by atoms with van der Waals surface area (Å²) in [5, 5.41) is 32.4. The maximum atomic E-state index is 13.6. The topological polar surface area (TPSA) is 131 Å². The van der Waals surface area contributed by atoms with E-state index in [0.717, 1.165) is 55.7 Å². The van der Waals surface area contributed by atoms with E-state index in [1.54, 1.807) is 24.4 Å². The van der Waals surface area contributed by atoms with Gasteiger partial charge < -0.3 is 29.5 Å². The van der Waals surface area contributed by atoms with Gasteiger partial charge in [0.25, 0.3) is 0 Å². The zero-order valence-corrected chi connectivity index (χ0v) is 31.0. The van der Waals surface area contributed by atoms with Crippen LogP contribution < -0.4 is 19.7 Å². The number of carboxylic acid groups (broad SMARTS) is 1. The molecular formula is C40H42Cl2FN5O5. The molecule has 53 heavy (non-hydrogen) atoms. The molecule has 1 saturated heterocycles. The van der Waals surface area contributed by atoms with Crippen molar-refractivity contribution in [2.75, 3.05) is 44.2 Å². The molecule has 0 bridgehead atoms. The van der Waals surface area contributed by atoms with E-state index in [1.165, 1.54) is 24.4 Å². The van der Waals surface area contributed by atoms with E-state index in [-0.39, 0.29) is 24.8 Å². The fourth-order valence-electron chi connectivity index (χ4n) is 6.75. The van der Waals surface area contributed by atoms with Crippen molar-refractivity contribution in [3.63, 3.8) is 0 Å². The summed E-state index contributed by atoms with van der Waals surface area (Å²) in [5.74, 6) is -0.524. The number of aliphatic hydroxyl groups excluding tert-OH is 1. The number of likely N-dealkylation sites (tertiary alicyclic amines) is 1. The molecule has 1 fully saturated rings. The Balaban J connectivity index is 1.19. The van der Waals surface area contributed by atoms with E-state index >= 15 is 0 Å². The normalized spacial score (nSPS) is 16.6. The first-order chi connectivity index (χ1) is 25.6. The van der Waals surface area contributed by atoms with Gasteiger partial charge in [-0.2, -0.15) is 5.26 Å². The number of alkyl halides is 1. The molecule has 6 rings (SSSR count). The molecule has 2 aliphatic rings. The lowest BCUT2D eigenvalue weighted by atomic mass is 9.96. The van der Waals surface area contributed by atoms with Crippen LogP contribution in [-0.4, -0.2) is 77.1 Å². The Hall–Kier alpha value is -4.44. The van der Waals surface area contributed by atoms with E-state index in [2.05, 4.69) is 44.4 Å². The van der Waals surface area contributed by atoms with Crippen molar-refractivity contribution in [3.8, 4) is 28.7 Å². The third-order valence-corrected chi connectivity index (χ3v) is 10.6. The third-order valence-electron chi connectivity index (χ3n) is 9.88. The minimum atomic E-state index is -1.60. The van der Waals surface area contributed by atoms with Crippen LogP contribution in [0.25, 0.3) is 11.1 Å². The molecule has 13 heteroatoms. The van der Waals surface area contributed by atoms with Gasteiger partial charge in [-0.05, 0) is 62.1 Å². The molecule has 1 aromatic heterocycles. The van der Waals surface area contributed by atoms with Crippen molar-refractivity contribution >= 4 is 34.9 Å². The number of carbonyl (C=O) groups is 1. The maximum Gasteiger partial charge on any atom is 0.326 e. The molecule has 2 unspecified atom stereocenters. The standard InChI is InChI=1S/C40H42Cl2FN5O5/c1-40(25-49,39(50)51)46-21-29-16-34(41)37(17-36(29)52-23-27-15-26(18-44)19-45-20-27)53-24-28-5-2-7-33(38(28)42)31-6-3-8-35-32(31)10-14-48(35)12-4-11-47-13-9-30(43)22-47/h2-3,5-8,15-17,19-20,30,46,49H,4,9-14,21-25H2,1H3,(H,50,51). The smallest absolute Gasteiger partial charge is 0.326 e. The van der Waals surface area contributed by atoms with Crippen LogP contribution in [0.2, 0.25) is 10.0 Å². The largest absolute Gasteiger partial charge is 0.488 e. The van der Waals surface area contributed by atoms with Gasteiger partial charge in [-0.1, -0.05) is 53.5 Å². The second-order valence-corrected chi connectivity index (χ2v) is 14.5. The van der Waals surface area contributed by atoms with Crippen LogP contribution in [0.15, 0.2) is 67.0 Å². The summed E-state index contributed by atoms with van der Waals surface area (Å²) < 4.78 is 26.0. The van der Waals surface area contributed by atoms with E-state index in [0.29, 0.717) is 46.2 Å². The van der Waals surface area contributed by atoms with Crippen LogP contribution in [0.4, 0.5) is 10.1 Å². The average molecular weight is 763 g/mol. The van der Waals surface area contributed by atoms with Gasteiger partial charge in [-0.25, -0.2) is 4.39 Å². The number of aliphatic carboxylic acids is 1. The predicted octanol–water partition coefficient (Wildman–Crippen LogP) is 6.81. The first-order valence-corrected chi connectivity index (χ1v) is 18.4. The first kappa shape index (κ1) is 38.3. The highest BCUT2D eigenvalue weighted by Crippen LogP contribution is 2.41. The maximum absolute atomic E-state index is 13.6. The van der Waals surface area contributed by atoms with Gasteiger partial charge in [0.05, 0.1) is 22.2 Å². The van der Waals surface area contributed by atoms with Crippen LogP contribution in [0.1, 0.15) is 47.6 Å². The SMILES string of the molecule is CC(CO)(NCc1cc(Cl)c(OCc2cccc(-c3cccc4c3CCN4CCCN3CCC(F)C3)c2Cl)cc1OCc1cncc(C#N)c1)C(=O)O. The molecule has 4 aromatic rings. The summed E-state index contributed by atoms with van der Waals surface area (Å²) in [6.45, 7) is 5.05. The van der Waals surface area contributed by atoms with Crippen molar-refractivity contribution in [2.24, 2.45) is 0 Å². The number of nitrogens with one attached hydrogen (secondary N) is 1. The number of aromatic nitrogens is 1. The summed E-state index contributed by atoms with van der Waals surface area (Å²) in [6.07, 6.45) is 4.86. The third kappa shape index (κ3) is 9.03. The van der Waals surface area contributed by atoms with Gasteiger partial charge in [-0.15, -0.1) is 0 Å². The molecule has 0 radical (unpaired) electrons. The van der Waals surface area contributed by atoms with Gasteiger partial charge in [0, 0.05) is 79.1 Å². The van der Waals surface area contributed by atoms with E-state index in [4.69, 9.17) is 32.7 Å². The summed E-state index contributed by atoms with van der Waals surface area (Å²) in [6, 6.07) is 19.2. The quantitative estimate of drug-likeness (QED) is 0.112. The van der Waals surface area contributed by atoms with Gasteiger partial charge >= 0.3 is 5.97 Å². The fraction of sp³-hybridized carbons (Fsp3) is 0.375. The number of hydrogen-bond acceptors (Lipinski definition) is 9. The summed E-state index contributed by atoms with van der Waals surface area (Å²) in [7, 11) is 0. The monoisotopic (exact) mass is 761 g/mol. The summed E-state index contributed by atoms with van der Waals surface area (Å²) in [5.41, 5.74) is 5.18. The summed E-state index contributed by atoms with van der Waals surface area (Å²) >= 11 is 13.8. The Morgan fingerprint density at radius 1 is 1.06 bits per heavy atom. The molecule has 0 amide bonds. The zero-order valence-electron chi connectivity index (χ0n) is 29.5. The number of ether oxygens (including phenoxy) is 2. The van der Waals surface area contributed by atoms with Gasteiger partial charge in [0.15, 0.2) is 0 Å². The molecule has 0 aliphatic carbocycles. The van der Waals surface area contributed by atoms with Crippen molar-refractivity contribution in [1.82, 2.24) is 15.2 Å². The second kappa shape index (κ2) is 17.1. The number of hydrogen-bond donors (Lipinski definition) is 3. The number of rotatable bonds is 16. The lowest BCUT2D eigenvalue weighted by Crippen LogP contribution is -2.52. The predicted molar refractivity (Wildman–Crippen MR) is 202 cm³/mol. The first-order valence-electron chi connectivity index (χ1n) is 17.6. The Kier molecular flexibility index (Phi) is 12.4. The highest BCUT2D eigenvalue weighted by atomic mass is 35.5. The van der Waals surface area contributed by atoms with Crippen LogP contribution in [-0.2, 0) is 31.0 Å². The number of carboxylic acids is 1. The molecule has 3 heterocycles. The van der Waals surface area contributed by atoms with Crippen molar-refractivity contribution in [1.29, 1.82) is 5.26 Å². The Morgan fingerprint density at radius 3 is 2.60 bits per heavy atom. The lowest BCUT2D eigenvalue weighted by Gasteiger charge is -2.25. The Labute approximate surface area is 318 Å². The number of nitriles is 1. The van der Waals surface area contributed by atoms with E-state index < -0.39 is 24.3 Å². The van der Waals surface area contributed by atoms with Crippen LogP contribution in [0, 0.1) is 11.3 Å². The minimum absolute atomic E-state index is 0.0138. The lowest BCUT2D eigenvalue weighted by molar-refractivity contribution is -0.145. The fourth-order valence-corrected chi connectivity index (χ4v) is 7.27. The number of pyridine rings is 1. The highest BCUT2D eigenvalue weighted by molar-refractivity contribution is 6.34. The molecule has 278 valence electrons. The number of nitrogens with zero attached hydrogens (tertiary/aromatic N) is 4. The van der Waals surface area contributed by atoms with Gasteiger partial charge in [0.2, 0.25) is 0 Å². The number of halogens is 3. The molecule has 2 aliphatic heterocycles. The minimum Gasteiger partial charge on any atom is -0.488 e. The van der Waals surface area contributed by atoms with Crippen molar-refractivity contribution in [2.45, 2.75) is 57.7 Å². The second-order valence-electron chi connectivity index (χ2n) is 13.7. The highest BCUT2D eigenvalue weighted by Gasteiger charge is 2.32. The summed E-state index contributed by atoms with van der Waals surface area (Å²) in [4.78, 5) is 20.5. The van der Waals surface area contributed by atoms with Crippen LogP contribution in [0.5, 0.6) is 11.5 Å². The van der Waals surface area contributed by atoms with Gasteiger partial charge in [0.1, 0.15) is 42.5 Å². The van der Waals surface area contributed by atoms with Crippen LogP contribution >= 0.6 is 23.2 Å². The molecular weight excluding hydrogens is 720 g/mol. The molecule has 0 saturated carbocycles. The Bertz CT molecular complexity index is 1990. The zero-order chi connectivity index (χ0) is 37.5.